The fourth-order valence-corrected chi connectivity index (χ4v) is 4.25. The van der Waals surface area contributed by atoms with Gasteiger partial charge in [0.25, 0.3) is 5.91 Å². The molecule has 5 aromatic rings. The summed E-state index contributed by atoms with van der Waals surface area (Å²) in [5.41, 5.74) is 1.50. The van der Waals surface area contributed by atoms with Crippen molar-refractivity contribution in [3.8, 4) is 16.9 Å². The first kappa shape index (κ1) is 23.8. The smallest absolute Gasteiger partial charge is 0.337 e. The van der Waals surface area contributed by atoms with Crippen LogP contribution in [0.3, 0.4) is 0 Å². The zero-order valence-corrected chi connectivity index (χ0v) is 20.1. The van der Waals surface area contributed by atoms with Gasteiger partial charge in [-0.2, -0.15) is 0 Å². The van der Waals surface area contributed by atoms with Crippen LogP contribution in [0.25, 0.3) is 33.0 Å². The van der Waals surface area contributed by atoms with Crippen molar-refractivity contribution in [3.63, 3.8) is 0 Å². The van der Waals surface area contributed by atoms with E-state index < -0.39 is 17.7 Å². The quantitative estimate of drug-likeness (QED) is 0.302. The first-order valence-corrected chi connectivity index (χ1v) is 11.2. The lowest BCUT2D eigenvalue weighted by Gasteiger charge is -2.13. The number of esters is 1. The van der Waals surface area contributed by atoms with Gasteiger partial charge in [-0.15, -0.1) is 0 Å². The van der Waals surface area contributed by atoms with Gasteiger partial charge in [0, 0.05) is 29.5 Å². The Bertz CT molecular complexity index is 1720. The molecular weight excluding hydrogens is 479 g/mol. The monoisotopic (exact) mass is 500 g/mol. The van der Waals surface area contributed by atoms with Gasteiger partial charge in [-0.25, -0.2) is 9.18 Å². The van der Waals surface area contributed by atoms with Crippen molar-refractivity contribution >= 4 is 45.3 Å². The van der Waals surface area contributed by atoms with E-state index in [0.29, 0.717) is 27.8 Å². The number of nitrogens with one attached hydrogen (secondary N) is 1. The van der Waals surface area contributed by atoms with Gasteiger partial charge in [0.05, 0.1) is 42.8 Å². The van der Waals surface area contributed by atoms with Crippen LogP contribution in [-0.4, -0.2) is 36.6 Å². The first-order chi connectivity index (χ1) is 17.8. The van der Waals surface area contributed by atoms with E-state index in [2.05, 4.69) is 5.32 Å². The number of carbonyl (C=O) groups excluding carboxylic acids is 3. The number of ether oxygens (including phenoxy) is 2. The van der Waals surface area contributed by atoms with Crippen molar-refractivity contribution in [3.05, 3.63) is 84.0 Å². The lowest BCUT2D eigenvalue weighted by Crippen LogP contribution is -2.14. The summed E-state index contributed by atoms with van der Waals surface area (Å²) in [4.78, 5) is 37.9. The molecule has 2 heterocycles. The van der Waals surface area contributed by atoms with Crippen LogP contribution < -0.4 is 10.1 Å². The van der Waals surface area contributed by atoms with Crippen LogP contribution in [-0.2, 0) is 4.74 Å². The number of hydrogen-bond donors (Lipinski definition) is 1. The van der Waals surface area contributed by atoms with Gasteiger partial charge in [0.1, 0.15) is 11.3 Å². The van der Waals surface area contributed by atoms with Crippen LogP contribution in [0.1, 0.15) is 32.4 Å². The number of aromatic nitrogens is 1. The Balaban J connectivity index is 1.62. The second kappa shape index (κ2) is 9.27. The number of benzene rings is 3. The van der Waals surface area contributed by atoms with Gasteiger partial charge in [0.2, 0.25) is 5.91 Å². The van der Waals surface area contributed by atoms with Crippen molar-refractivity contribution in [2.75, 3.05) is 19.5 Å². The summed E-state index contributed by atoms with van der Waals surface area (Å²) in [5, 5.41) is 3.84. The second-order valence-corrected chi connectivity index (χ2v) is 8.32. The summed E-state index contributed by atoms with van der Waals surface area (Å²) in [6.45, 7) is 1.37. The van der Waals surface area contributed by atoms with Crippen molar-refractivity contribution < 1.29 is 32.7 Å². The number of hydrogen-bond acceptors (Lipinski definition) is 6. The molecule has 3 aromatic carbocycles. The first-order valence-electron chi connectivity index (χ1n) is 11.2. The number of methoxy groups -OCH3 is 2. The molecule has 0 saturated heterocycles. The van der Waals surface area contributed by atoms with E-state index in [1.54, 1.807) is 42.5 Å². The number of rotatable bonds is 5. The summed E-state index contributed by atoms with van der Waals surface area (Å²) in [6.07, 6.45) is 2.91. The van der Waals surface area contributed by atoms with Crippen molar-refractivity contribution in [1.29, 1.82) is 0 Å². The molecule has 0 aliphatic rings. The number of halogens is 1. The van der Waals surface area contributed by atoms with E-state index in [1.807, 2.05) is 0 Å². The van der Waals surface area contributed by atoms with E-state index in [9.17, 15) is 14.4 Å². The number of fused-ring (bicyclic) bond motifs is 2. The molecule has 2 aromatic heterocycles. The standard InChI is InChI=1S/C28H21FN2O6/c1-15(32)31-14-22(21-13-19(35-2)6-7-24(21)31)27(33)30-23-11-18(28(34)36-3)10-20(26(23)29)17-5-4-16-8-9-37-25(16)12-17/h4-14H,1-3H3,(H,30,33). The minimum absolute atomic E-state index is 0.0431. The molecule has 0 fully saturated rings. The van der Waals surface area contributed by atoms with Crippen LogP contribution in [0.2, 0.25) is 0 Å². The number of furan rings is 1. The zero-order chi connectivity index (χ0) is 26.3. The van der Waals surface area contributed by atoms with Crippen LogP contribution in [0.15, 0.2) is 71.5 Å². The van der Waals surface area contributed by atoms with Crippen LogP contribution in [0.5, 0.6) is 5.75 Å². The largest absolute Gasteiger partial charge is 0.497 e. The van der Waals surface area contributed by atoms with E-state index in [1.165, 1.54) is 50.3 Å². The highest BCUT2D eigenvalue weighted by Gasteiger charge is 2.22. The van der Waals surface area contributed by atoms with Crippen molar-refractivity contribution in [2.45, 2.75) is 6.92 Å². The van der Waals surface area contributed by atoms with Crippen molar-refractivity contribution in [1.82, 2.24) is 4.57 Å². The number of anilines is 1. The summed E-state index contributed by atoms with van der Waals surface area (Å²) in [7, 11) is 2.70. The van der Waals surface area contributed by atoms with Crippen molar-refractivity contribution in [2.24, 2.45) is 0 Å². The molecule has 1 amide bonds. The molecule has 37 heavy (non-hydrogen) atoms. The van der Waals surface area contributed by atoms with Gasteiger partial charge in [-0.05, 0) is 48.0 Å². The second-order valence-electron chi connectivity index (χ2n) is 8.32. The molecule has 5 rings (SSSR count). The Morgan fingerprint density at radius 1 is 1.00 bits per heavy atom. The molecule has 8 nitrogen and oxygen atoms in total. The molecular formula is C28H21FN2O6. The average molecular weight is 500 g/mol. The highest BCUT2D eigenvalue weighted by molar-refractivity contribution is 6.15. The summed E-state index contributed by atoms with van der Waals surface area (Å²) >= 11 is 0. The molecule has 0 unspecified atom stereocenters. The average Bonchev–Trinajstić information content (AvgIpc) is 3.53. The SMILES string of the molecule is COC(=O)c1cc(NC(=O)c2cn(C(C)=O)c3ccc(OC)cc23)c(F)c(-c2ccc3ccoc3c2)c1. The third-order valence-electron chi connectivity index (χ3n) is 6.10. The van der Waals surface area contributed by atoms with E-state index in [-0.39, 0.29) is 28.3 Å². The maximum atomic E-state index is 15.8. The third-order valence-corrected chi connectivity index (χ3v) is 6.10. The molecule has 0 saturated carbocycles. The fourth-order valence-electron chi connectivity index (χ4n) is 4.25. The third kappa shape index (κ3) is 4.20. The fraction of sp³-hybridized carbons (Fsp3) is 0.107. The van der Waals surface area contributed by atoms with E-state index in [0.717, 1.165) is 5.39 Å². The predicted molar refractivity (Wildman–Crippen MR) is 136 cm³/mol. The van der Waals surface area contributed by atoms with Gasteiger partial charge in [0.15, 0.2) is 5.82 Å². The van der Waals surface area contributed by atoms with E-state index in [4.69, 9.17) is 13.9 Å². The Labute approximate surface area is 210 Å². The van der Waals surface area contributed by atoms with Crippen LogP contribution >= 0.6 is 0 Å². The highest BCUT2D eigenvalue weighted by Crippen LogP contribution is 2.33. The van der Waals surface area contributed by atoms with Crippen LogP contribution in [0.4, 0.5) is 10.1 Å². The minimum atomic E-state index is -0.750. The molecule has 0 atom stereocenters. The molecule has 0 radical (unpaired) electrons. The molecule has 0 aliphatic carbocycles. The topological polar surface area (TPSA) is 99.8 Å². The number of carbonyl (C=O) groups is 3. The minimum Gasteiger partial charge on any atom is -0.497 e. The Morgan fingerprint density at radius 2 is 1.81 bits per heavy atom. The molecule has 186 valence electrons. The Hall–Kier alpha value is -4.92. The number of amides is 1. The zero-order valence-electron chi connectivity index (χ0n) is 20.1. The Kier molecular flexibility index (Phi) is 5.96. The van der Waals surface area contributed by atoms with Gasteiger partial charge in [-0.1, -0.05) is 12.1 Å². The molecule has 1 N–H and O–H groups in total. The maximum absolute atomic E-state index is 15.8. The lowest BCUT2D eigenvalue weighted by molar-refractivity contribution is 0.0600. The van der Waals surface area contributed by atoms with Gasteiger partial charge >= 0.3 is 5.97 Å². The maximum Gasteiger partial charge on any atom is 0.337 e. The summed E-state index contributed by atoms with van der Waals surface area (Å²) in [5.74, 6) is -1.94. The summed E-state index contributed by atoms with van der Waals surface area (Å²) < 4.78 is 32.7. The predicted octanol–water partition coefficient (Wildman–Crippen LogP) is 5.90. The molecule has 0 aliphatic heterocycles. The Morgan fingerprint density at radius 3 is 2.54 bits per heavy atom. The summed E-state index contributed by atoms with van der Waals surface area (Å²) in [6, 6.07) is 14.4. The highest BCUT2D eigenvalue weighted by atomic mass is 19.1. The van der Waals surface area contributed by atoms with E-state index >= 15 is 4.39 Å². The van der Waals surface area contributed by atoms with Gasteiger partial charge < -0.3 is 19.2 Å². The molecule has 9 heteroatoms. The van der Waals surface area contributed by atoms with Crippen LogP contribution in [0, 0.1) is 5.82 Å². The number of nitrogens with zero attached hydrogens (tertiary/aromatic N) is 1. The lowest BCUT2D eigenvalue weighted by atomic mass is 10.00. The molecule has 0 bridgehead atoms. The normalized spacial score (nSPS) is 11.0. The molecule has 0 spiro atoms. The van der Waals surface area contributed by atoms with Gasteiger partial charge in [-0.3, -0.25) is 14.2 Å².